The first-order valence-corrected chi connectivity index (χ1v) is 18.0. The zero-order chi connectivity index (χ0) is 31.7. The predicted molar refractivity (Wildman–Crippen MR) is 170 cm³/mol. The molecule has 238 valence electrons. The lowest BCUT2D eigenvalue weighted by atomic mass is 10.0. The third-order valence-corrected chi connectivity index (χ3v) is 12.7. The molecule has 0 radical (unpaired) electrons. The van der Waals surface area contributed by atoms with Crippen molar-refractivity contribution in [3.05, 3.63) is 82.1 Å². The Hall–Kier alpha value is -2.68. The van der Waals surface area contributed by atoms with Crippen LogP contribution in [0.4, 0.5) is 8.78 Å². The van der Waals surface area contributed by atoms with Crippen LogP contribution < -0.4 is 9.47 Å². The zero-order valence-corrected chi connectivity index (χ0v) is 27.4. The Balaban J connectivity index is 1.31. The van der Waals surface area contributed by atoms with E-state index in [0.29, 0.717) is 29.4 Å². The van der Waals surface area contributed by atoms with E-state index in [1.165, 1.54) is 30.6 Å². The van der Waals surface area contributed by atoms with Crippen LogP contribution in [0, 0.1) is 5.92 Å². The van der Waals surface area contributed by atoms with Gasteiger partial charge in [-0.1, -0.05) is 47.5 Å². The summed E-state index contributed by atoms with van der Waals surface area (Å²) in [4.78, 5) is 17.8. The summed E-state index contributed by atoms with van der Waals surface area (Å²) >= 11 is 15.1. The maximum absolute atomic E-state index is 13.8. The smallest absolute Gasteiger partial charge is 0.387 e. The molecule has 15 heteroatoms. The fourth-order valence-corrected chi connectivity index (χ4v) is 9.95. The van der Waals surface area contributed by atoms with Crippen LogP contribution in [0.3, 0.4) is 0 Å². The normalized spacial score (nSPS) is 17.9. The van der Waals surface area contributed by atoms with Crippen LogP contribution in [0.2, 0.25) is 10.0 Å². The van der Waals surface area contributed by atoms with E-state index in [4.69, 9.17) is 32.7 Å². The van der Waals surface area contributed by atoms with Crippen LogP contribution in [0.1, 0.15) is 30.1 Å². The van der Waals surface area contributed by atoms with Crippen molar-refractivity contribution in [2.45, 2.75) is 41.6 Å². The van der Waals surface area contributed by atoms with E-state index in [-0.39, 0.29) is 38.7 Å². The molecule has 6 rings (SSSR count). The number of hydrogen-bond donors (Lipinski definition) is 0. The second-order valence-electron chi connectivity index (χ2n) is 10.5. The Bertz CT molecular complexity index is 1770. The Kier molecular flexibility index (Phi) is 9.74. The summed E-state index contributed by atoms with van der Waals surface area (Å²) in [6, 6.07) is 13.2. The van der Waals surface area contributed by atoms with Gasteiger partial charge in [0.15, 0.2) is 16.9 Å². The number of carbonyl (C=O) groups is 1. The van der Waals surface area contributed by atoms with E-state index in [0.717, 1.165) is 50.3 Å². The van der Waals surface area contributed by atoms with Crippen LogP contribution in [-0.2, 0) is 26.0 Å². The lowest BCUT2D eigenvalue weighted by molar-refractivity contribution is -0.150. The van der Waals surface area contributed by atoms with Crippen molar-refractivity contribution in [3.63, 3.8) is 0 Å². The molecule has 1 aliphatic heterocycles. The molecule has 3 heterocycles. The second-order valence-corrected chi connectivity index (χ2v) is 15.7. The average molecular weight is 716 g/mol. The number of halogens is 4. The fourth-order valence-electron chi connectivity index (χ4n) is 4.85. The van der Waals surface area contributed by atoms with Crippen molar-refractivity contribution in [2.75, 3.05) is 18.9 Å². The molecule has 0 bridgehead atoms. The molecule has 2 aliphatic rings. The first kappa shape index (κ1) is 32.3. The summed E-state index contributed by atoms with van der Waals surface area (Å²) in [5, 5.41) is 0.0987. The molecular weight excluding hydrogens is 689 g/mol. The molecular formula is C30H26Cl2F2N2O6S3. The van der Waals surface area contributed by atoms with Gasteiger partial charge in [0.05, 0.1) is 16.7 Å². The number of sulfonamides is 1. The van der Waals surface area contributed by atoms with Gasteiger partial charge in [-0.15, -0.1) is 23.1 Å². The number of pyridine rings is 1. The third kappa shape index (κ3) is 7.34. The van der Waals surface area contributed by atoms with Crippen molar-refractivity contribution >= 4 is 72.4 Å². The lowest BCUT2D eigenvalue weighted by Crippen LogP contribution is -2.40. The number of ether oxygens (including phenoxy) is 3. The average Bonchev–Trinajstić information content (AvgIpc) is 3.50. The molecule has 2 fully saturated rings. The number of thiophene rings is 1. The number of rotatable bonds is 12. The molecule has 0 amide bonds. The summed E-state index contributed by atoms with van der Waals surface area (Å²) in [6.45, 7) is -2.64. The van der Waals surface area contributed by atoms with Gasteiger partial charge in [0.25, 0.3) is 10.0 Å². The fraction of sp³-hybridized carbons (Fsp3) is 0.333. The highest BCUT2D eigenvalue weighted by Crippen LogP contribution is 2.40. The van der Waals surface area contributed by atoms with Gasteiger partial charge in [-0.05, 0) is 59.5 Å². The van der Waals surface area contributed by atoms with Gasteiger partial charge in [0.2, 0.25) is 0 Å². The Morgan fingerprint density at radius 2 is 1.82 bits per heavy atom. The minimum atomic E-state index is -4.03. The molecule has 0 unspecified atom stereocenters. The van der Waals surface area contributed by atoms with E-state index in [2.05, 4.69) is 9.72 Å². The highest BCUT2D eigenvalue weighted by atomic mass is 35.5. The van der Waals surface area contributed by atoms with Gasteiger partial charge < -0.3 is 14.2 Å². The number of esters is 1. The monoisotopic (exact) mass is 714 g/mol. The van der Waals surface area contributed by atoms with Gasteiger partial charge in [0.1, 0.15) is 10.3 Å². The summed E-state index contributed by atoms with van der Waals surface area (Å²) in [7, 11) is -4.03. The largest absolute Gasteiger partial charge is 0.489 e. The van der Waals surface area contributed by atoms with Gasteiger partial charge in [0, 0.05) is 35.8 Å². The number of nitrogens with zero attached hydrogens (tertiary/aromatic N) is 2. The predicted octanol–water partition coefficient (Wildman–Crippen LogP) is 7.58. The van der Waals surface area contributed by atoms with Gasteiger partial charge >= 0.3 is 12.6 Å². The van der Waals surface area contributed by atoms with Crippen LogP contribution >= 0.6 is 46.3 Å². The molecule has 2 aromatic carbocycles. The van der Waals surface area contributed by atoms with Crippen LogP contribution in [-0.4, -0.2) is 54.6 Å². The maximum atomic E-state index is 13.8. The van der Waals surface area contributed by atoms with Gasteiger partial charge in [-0.2, -0.15) is 13.1 Å². The highest BCUT2D eigenvalue weighted by molar-refractivity contribution is 8.02. The number of fused-ring (bicyclic) bond motifs is 1. The van der Waals surface area contributed by atoms with E-state index < -0.39 is 34.1 Å². The minimum absolute atomic E-state index is 0.0104. The molecule has 45 heavy (non-hydrogen) atoms. The van der Waals surface area contributed by atoms with Crippen molar-refractivity contribution < 1.29 is 36.2 Å². The topological polar surface area (TPSA) is 95.0 Å². The minimum Gasteiger partial charge on any atom is -0.489 e. The maximum Gasteiger partial charge on any atom is 0.387 e. The molecule has 8 nitrogen and oxygen atoms in total. The number of hydrogen-bond acceptors (Lipinski definition) is 9. The van der Waals surface area contributed by atoms with Crippen molar-refractivity contribution in [1.82, 2.24) is 9.29 Å². The standard InChI is InChI=1S/C30H26Cl2F2N2O6S3/c31-21-14-35-15-22(32)20(21)13-24(18-7-8-23(42-30(33)34)25(11-18)40-16-17-5-6-17)41-29(37)28-36(9-10-43-28)45(38,39)27-12-19-3-1-2-4-26(19)44-27/h1-4,7-8,11-12,14-15,17,24,28,30H,5-6,9-10,13,16H2/t24-,28-/m0/s1. The molecule has 4 aromatic rings. The second kappa shape index (κ2) is 13.6. The summed E-state index contributed by atoms with van der Waals surface area (Å²) in [6.07, 6.45) is 3.70. The van der Waals surface area contributed by atoms with E-state index in [1.807, 2.05) is 24.3 Å². The van der Waals surface area contributed by atoms with Crippen molar-refractivity contribution in [1.29, 1.82) is 0 Å². The van der Waals surface area contributed by atoms with Crippen molar-refractivity contribution in [3.8, 4) is 11.5 Å². The quantitative estimate of drug-likeness (QED) is 0.139. The van der Waals surface area contributed by atoms with E-state index >= 15 is 0 Å². The van der Waals surface area contributed by atoms with Crippen molar-refractivity contribution in [2.24, 2.45) is 5.92 Å². The lowest BCUT2D eigenvalue weighted by Gasteiger charge is -2.25. The van der Waals surface area contributed by atoms with Gasteiger partial charge in [-0.3, -0.25) is 4.98 Å². The number of thioether (sulfide) groups is 1. The Morgan fingerprint density at radius 1 is 1.07 bits per heavy atom. The molecule has 1 aliphatic carbocycles. The molecule has 1 saturated carbocycles. The Morgan fingerprint density at radius 3 is 2.53 bits per heavy atom. The first-order valence-electron chi connectivity index (χ1n) is 13.9. The Labute approximate surface area is 276 Å². The number of benzene rings is 2. The molecule has 0 spiro atoms. The summed E-state index contributed by atoms with van der Waals surface area (Å²) in [5.41, 5.74) is 0.829. The first-order chi connectivity index (χ1) is 21.6. The molecule has 2 aromatic heterocycles. The zero-order valence-electron chi connectivity index (χ0n) is 23.4. The van der Waals surface area contributed by atoms with Crippen LogP contribution in [0.5, 0.6) is 11.5 Å². The van der Waals surface area contributed by atoms with Gasteiger partial charge in [-0.25, -0.2) is 13.2 Å². The summed E-state index contributed by atoms with van der Waals surface area (Å²) in [5.74, 6) is -0.176. The van der Waals surface area contributed by atoms with E-state index in [1.54, 1.807) is 6.07 Å². The van der Waals surface area contributed by atoms with Crippen LogP contribution in [0.15, 0.2) is 65.1 Å². The molecule has 1 saturated heterocycles. The molecule has 0 N–H and O–H groups in total. The number of carbonyl (C=O) groups excluding carboxylic acids is 1. The summed E-state index contributed by atoms with van der Waals surface area (Å²) < 4.78 is 72.4. The molecule has 2 atom stereocenters. The van der Waals surface area contributed by atoms with E-state index in [9.17, 15) is 22.0 Å². The highest BCUT2D eigenvalue weighted by Gasteiger charge is 2.43. The number of aromatic nitrogens is 1. The number of alkyl halides is 2. The SMILES string of the molecule is O=C(O[C@@H](Cc1c(Cl)cncc1Cl)c1ccc(OC(F)F)c(OCC2CC2)c1)[C@@H]1SCCN1S(=O)(=O)c1cc2ccccc2s1. The third-order valence-electron chi connectivity index (χ3n) is 7.34. The van der Waals surface area contributed by atoms with Crippen LogP contribution in [0.25, 0.3) is 10.1 Å².